The zero-order chi connectivity index (χ0) is 13.3. The van der Waals surface area contributed by atoms with E-state index in [2.05, 4.69) is 33.7 Å². The van der Waals surface area contributed by atoms with E-state index in [4.69, 9.17) is 0 Å². The van der Waals surface area contributed by atoms with E-state index >= 15 is 0 Å². The van der Waals surface area contributed by atoms with Crippen LogP contribution in [0, 0.1) is 6.92 Å². The minimum Gasteiger partial charge on any atom is -0.356 e. The topological polar surface area (TPSA) is 41.9 Å². The molecule has 0 atom stereocenters. The molecule has 100 valence electrons. The molecular weight excluding hydrogens is 256 g/mol. The fourth-order valence-corrected chi connectivity index (χ4v) is 3.51. The first-order valence-corrected chi connectivity index (χ1v) is 7.43. The lowest BCUT2D eigenvalue weighted by Gasteiger charge is -2.38. The van der Waals surface area contributed by atoms with Crippen molar-refractivity contribution < 1.29 is 0 Å². The van der Waals surface area contributed by atoms with Gasteiger partial charge in [0.05, 0.1) is 5.01 Å². The molecule has 0 aliphatic carbocycles. The average Bonchev–Trinajstić information content (AvgIpc) is 2.88. The minimum absolute atomic E-state index is 0.225. The van der Waals surface area contributed by atoms with Gasteiger partial charge in [-0.2, -0.15) is 0 Å². The maximum Gasteiger partial charge on any atom is 0.131 e. The van der Waals surface area contributed by atoms with E-state index in [1.165, 1.54) is 9.88 Å². The molecular formula is C14H18N4S. The highest BCUT2D eigenvalue weighted by molar-refractivity contribution is 7.11. The quantitative estimate of drug-likeness (QED) is 0.844. The van der Waals surface area contributed by atoms with Crippen LogP contribution in [0.3, 0.4) is 0 Å². The number of thiazole rings is 1. The number of hydrogen-bond acceptors (Lipinski definition) is 5. The van der Waals surface area contributed by atoms with Crippen molar-refractivity contribution in [2.75, 3.05) is 18.0 Å². The highest BCUT2D eigenvalue weighted by Crippen LogP contribution is 2.37. The number of hydrogen-bond donors (Lipinski definition) is 0. The Balaban J connectivity index is 1.72. The van der Waals surface area contributed by atoms with Gasteiger partial charge in [0, 0.05) is 35.8 Å². The van der Waals surface area contributed by atoms with Gasteiger partial charge in [0.15, 0.2) is 0 Å². The summed E-state index contributed by atoms with van der Waals surface area (Å²) in [6.07, 6.45) is 7.67. The third kappa shape index (κ3) is 2.47. The molecule has 1 saturated heterocycles. The predicted octanol–water partition coefficient (Wildman–Crippen LogP) is 2.80. The van der Waals surface area contributed by atoms with E-state index in [9.17, 15) is 0 Å². The van der Waals surface area contributed by atoms with Crippen LogP contribution in [0.5, 0.6) is 0 Å². The summed E-state index contributed by atoms with van der Waals surface area (Å²) >= 11 is 1.83. The van der Waals surface area contributed by atoms with Crippen molar-refractivity contribution in [1.29, 1.82) is 0 Å². The summed E-state index contributed by atoms with van der Waals surface area (Å²) in [5.41, 5.74) is 0.225. The fourth-order valence-electron chi connectivity index (χ4n) is 2.55. The smallest absolute Gasteiger partial charge is 0.131 e. The number of nitrogens with zero attached hydrogens (tertiary/aromatic N) is 4. The molecule has 2 aromatic heterocycles. The summed E-state index contributed by atoms with van der Waals surface area (Å²) < 4.78 is 0. The highest BCUT2D eigenvalue weighted by atomic mass is 32.1. The molecule has 19 heavy (non-hydrogen) atoms. The van der Waals surface area contributed by atoms with Crippen molar-refractivity contribution >= 4 is 17.2 Å². The number of anilines is 1. The van der Waals surface area contributed by atoms with Crippen LogP contribution in [0.15, 0.2) is 24.8 Å². The Labute approximate surface area is 117 Å². The molecule has 0 aromatic carbocycles. The second-order valence-electron chi connectivity index (χ2n) is 5.39. The third-order valence-corrected chi connectivity index (χ3v) is 5.11. The predicted molar refractivity (Wildman–Crippen MR) is 77.7 cm³/mol. The van der Waals surface area contributed by atoms with E-state index in [0.717, 1.165) is 31.7 Å². The normalized spacial score (nSPS) is 18.5. The summed E-state index contributed by atoms with van der Waals surface area (Å²) in [6, 6.07) is 1.98. The van der Waals surface area contributed by atoms with E-state index in [0.29, 0.717) is 0 Å². The second-order valence-corrected chi connectivity index (χ2v) is 6.63. The molecule has 2 aromatic rings. The van der Waals surface area contributed by atoms with Gasteiger partial charge in [-0.3, -0.25) is 0 Å². The van der Waals surface area contributed by atoms with Crippen molar-refractivity contribution in [2.45, 2.75) is 32.1 Å². The molecule has 4 nitrogen and oxygen atoms in total. The standard InChI is InChI=1S/C14H18N4S/c1-11-9-16-13(19-11)14(2)4-7-18(8-5-14)12-3-6-15-10-17-12/h3,6,9-10H,4-5,7-8H2,1-2H3. The molecule has 1 aliphatic heterocycles. The van der Waals surface area contributed by atoms with Crippen LogP contribution in [-0.4, -0.2) is 28.0 Å². The molecule has 0 bridgehead atoms. The van der Waals surface area contributed by atoms with Crippen molar-refractivity contribution in [1.82, 2.24) is 15.0 Å². The lowest BCUT2D eigenvalue weighted by atomic mass is 9.81. The highest BCUT2D eigenvalue weighted by Gasteiger charge is 2.34. The van der Waals surface area contributed by atoms with Crippen molar-refractivity contribution in [3.63, 3.8) is 0 Å². The van der Waals surface area contributed by atoms with Gasteiger partial charge < -0.3 is 4.90 Å². The van der Waals surface area contributed by atoms with Crippen LogP contribution in [0.1, 0.15) is 29.7 Å². The van der Waals surface area contributed by atoms with Gasteiger partial charge in [-0.05, 0) is 25.8 Å². The number of aryl methyl sites for hydroxylation is 1. The summed E-state index contributed by atoms with van der Waals surface area (Å²) in [6.45, 7) is 6.53. The van der Waals surface area contributed by atoms with Crippen LogP contribution < -0.4 is 4.90 Å². The molecule has 0 saturated carbocycles. The number of piperidine rings is 1. The van der Waals surface area contributed by atoms with Crippen LogP contribution in [0.25, 0.3) is 0 Å². The second kappa shape index (κ2) is 4.89. The summed E-state index contributed by atoms with van der Waals surface area (Å²) in [7, 11) is 0. The molecule has 0 N–H and O–H groups in total. The first-order valence-electron chi connectivity index (χ1n) is 6.61. The summed E-state index contributed by atoms with van der Waals surface area (Å²) in [5.74, 6) is 1.03. The Morgan fingerprint density at radius 3 is 2.63 bits per heavy atom. The van der Waals surface area contributed by atoms with Crippen molar-refractivity contribution in [3.05, 3.63) is 34.7 Å². The summed E-state index contributed by atoms with van der Waals surface area (Å²) in [4.78, 5) is 16.5. The molecule has 0 amide bonds. The molecule has 0 radical (unpaired) electrons. The van der Waals surface area contributed by atoms with Gasteiger partial charge in [0.25, 0.3) is 0 Å². The molecule has 0 spiro atoms. The van der Waals surface area contributed by atoms with Crippen LogP contribution in [-0.2, 0) is 5.41 Å². The molecule has 5 heteroatoms. The Hall–Kier alpha value is -1.49. The number of aromatic nitrogens is 3. The first-order chi connectivity index (χ1) is 9.17. The van der Waals surface area contributed by atoms with E-state index in [1.807, 2.05) is 23.6 Å². The van der Waals surface area contributed by atoms with Gasteiger partial charge in [-0.1, -0.05) is 6.92 Å². The summed E-state index contributed by atoms with van der Waals surface area (Å²) in [5, 5.41) is 1.28. The Kier molecular flexibility index (Phi) is 3.22. The van der Waals surface area contributed by atoms with Crippen LogP contribution in [0.4, 0.5) is 5.82 Å². The zero-order valence-electron chi connectivity index (χ0n) is 11.3. The van der Waals surface area contributed by atoms with Crippen molar-refractivity contribution in [2.24, 2.45) is 0 Å². The zero-order valence-corrected chi connectivity index (χ0v) is 12.2. The van der Waals surface area contributed by atoms with Gasteiger partial charge in [-0.15, -0.1) is 11.3 Å². The van der Waals surface area contributed by atoms with E-state index < -0.39 is 0 Å². The van der Waals surface area contributed by atoms with Crippen LogP contribution >= 0.6 is 11.3 Å². The van der Waals surface area contributed by atoms with Gasteiger partial charge in [0.2, 0.25) is 0 Å². The average molecular weight is 274 g/mol. The maximum absolute atomic E-state index is 4.58. The van der Waals surface area contributed by atoms with E-state index in [-0.39, 0.29) is 5.41 Å². The molecule has 3 rings (SSSR count). The fraction of sp³-hybridized carbons (Fsp3) is 0.500. The molecule has 1 aliphatic rings. The lowest BCUT2D eigenvalue weighted by molar-refractivity contribution is 0.360. The van der Waals surface area contributed by atoms with Gasteiger partial charge >= 0.3 is 0 Å². The molecule has 0 unspecified atom stereocenters. The SMILES string of the molecule is Cc1cnc(C2(C)CCN(c3ccncn3)CC2)s1. The Morgan fingerprint density at radius 2 is 2.05 bits per heavy atom. The molecule has 3 heterocycles. The Morgan fingerprint density at radius 1 is 1.26 bits per heavy atom. The van der Waals surface area contributed by atoms with Crippen molar-refractivity contribution in [3.8, 4) is 0 Å². The maximum atomic E-state index is 4.58. The van der Waals surface area contributed by atoms with Gasteiger partial charge in [-0.25, -0.2) is 15.0 Å². The third-order valence-electron chi connectivity index (χ3n) is 3.89. The lowest BCUT2D eigenvalue weighted by Crippen LogP contribution is -2.41. The first kappa shape index (κ1) is 12.5. The van der Waals surface area contributed by atoms with Crippen LogP contribution in [0.2, 0.25) is 0 Å². The number of rotatable bonds is 2. The Bertz CT molecular complexity index is 544. The molecule has 1 fully saturated rings. The monoisotopic (exact) mass is 274 g/mol. The minimum atomic E-state index is 0.225. The van der Waals surface area contributed by atoms with E-state index in [1.54, 1.807) is 12.5 Å². The largest absolute Gasteiger partial charge is 0.356 e. The van der Waals surface area contributed by atoms with Gasteiger partial charge in [0.1, 0.15) is 12.1 Å².